The smallest absolute Gasteiger partial charge is 0.242 e. The van der Waals surface area contributed by atoms with Crippen molar-refractivity contribution in [3.8, 4) is 0 Å². The van der Waals surface area contributed by atoms with Gasteiger partial charge >= 0.3 is 0 Å². The van der Waals surface area contributed by atoms with E-state index in [0.717, 1.165) is 0 Å². The fourth-order valence-corrected chi connectivity index (χ4v) is 3.70. The van der Waals surface area contributed by atoms with Crippen molar-refractivity contribution in [3.05, 3.63) is 27.7 Å². The minimum atomic E-state index is -3.75. The van der Waals surface area contributed by atoms with Crippen LogP contribution >= 0.6 is 23.2 Å². The zero-order chi connectivity index (χ0) is 14.1. The normalized spacial score (nSPS) is 12.8. The summed E-state index contributed by atoms with van der Waals surface area (Å²) in [6.07, 6.45) is 0. The number of hydrogen-bond donors (Lipinski definition) is 2. The van der Waals surface area contributed by atoms with E-state index < -0.39 is 22.2 Å². The molecule has 4 nitrogen and oxygen atoms in total. The first-order valence-corrected chi connectivity index (χ1v) is 7.44. The van der Waals surface area contributed by atoms with Crippen molar-refractivity contribution >= 4 is 33.2 Å². The van der Waals surface area contributed by atoms with Gasteiger partial charge in [0.25, 0.3) is 0 Å². The molecule has 0 aromatic heterocycles. The summed E-state index contributed by atoms with van der Waals surface area (Å²) in [6.45, 7) is 4.75. The van der Waals surface area contributed by atoms with Crippen LogP contribution in [0.3, 0.4) is 0 Å². The molecule has 102 valence electrons. The minimum absolute atomic E-state index is 0.0539. The van der Waals surface area contributed by atoms with Crippen LogP contribution in [0.5, 0.6) is 0 Å². The lowest BCUT2D eigenvalue weighted by Crippen LogP contribution is -2.40. The molecule has 18 heavy (non-hydrogen) atoms. The zero-order valence-electron chi connectivity index (χ0n) is 10.3. The number of nitrogens with one attached hydrogen (secondary N) is 1. The Bertz CT molecular complexity index is 550. The van der Waals surface area contributed by atoms with Gasteiger partial charge in [0.2, 0.25) is 10.0 Å². The molecule has 2 N–H and O–H groups in total. The van der Waals surface area contributed by atoms with Gasteiger partial charge in [-0.05, 0) is 32.9 Å². The molecule has 7 heteroatoms. The molecule has 0 saturated heterocycles. The van der Waals surface area contributed by atoms with Crippen molar-refractivity contribution in [1.82, 2.24) is 4.72 Å². The predicted octanol–water partition coefficient (Wildman–Crippen LogP) is 2.56. The average molecular weight is 312 g/mol. The molecule has 0 saturated carbocycles. The van der Waals surface area contributed by atoms with E-state index in [9.17, 15) is 8.42 Å². The summed E-state index contributed by atoms with van der Waals surface area (Å²) in [5.41, 5.74) is -0.420. The van der Waals surface area contributed by atoms with E-state index in [1.165, 1.54) is 12.1 Å². The third kappa shape index (κ3) is 3.59. The van der Waals surface area contributed by atoms with Crippen molar-refractivity contribution in [2.75, 3.05) is 0 Å². The second-order valence-electron chi connectivity index (χ2n) is 4.85. The van der Waals surface area contributed by atoms with E-state index in [1.807, 2.05) is 0 Å². The second kappa shape index (κ2) is 5.35. The lowest BCUT2D eigenvalue weighted by atomic mass is 10.1. The summed E-state index contributed by atoms with van der Waals surface area (Å²) < 4.78 is 26.7. The molecule has 1 aromatic carbocycles. The Hall–Kier alpha value is -0.330. The highest BCUT2D eigenvalue weighted by atomic mass is 35.5. The summed E-state index contributed by atoms with van der Waals surface area (Å²) in [7, 11) is -3.75. The third-order valence-electron chi connectivity index (χ3n) is 2.04. The summed E-state index contributed by atoms with van der Waals surface area (Å²) in [6, 6.07) is 2.72. The van der Waals surface area contributed by atoms with Crippen molar-refractivity contribution < 1.29 is 13.5 Å². The molecule has 0 atom stereocenters. The van der Waals surface area contributed by atoms with Crippen LogP contribution in [0.15, 0.2) is 17.0 Å². The molecular formula is C11H15Cl2NO3S. The molecule has 0 spiro atoms. The Labute approximate surface area is 117 Å². The Morgan fingerprint density at radius 2 is 1.83 bits per heavy atom. The Morgan fingerprint density at radius 1 is 1.28 bits per heavy atom. The summed E-state index contributed by atoms with van der Waals surface area (Å²) >= 11 is 11.8. The number of aliphatic hydroxyl groups excluding tert-OH is 1. The third-order valence-corrected chi connectivity index (χ3v) is 4.74. The van der Waals surface area contributed by atoms with Crippen LogP contribution in [0.1, 0.15) is 26.3 Å². The topological polar surface area (TPSA) is 66.4 Å². The molecule has 0 bridgehead atoms. The highest BCUT2D eigenvalue weighted by molar-refractivity contribution is 7.89. The van der Waals surface area contributed by atoms with E-state index in [4.69, 9.17) is 28.3 Å². The Morgan fingerprint density at radius 3 is 2.28 bits per heavy atom. The number of hydrogen-bond acceptors (Lipinski definition) is 3. The number of sulfonamides is 1. The molecule has 0 aliphatic heterocycles. The fraction of sp³-hybridized carbons (Fsp3) is 0.455. The second-order valence-corrected chi connectivity index (χ2v) is 7.29. The first-order chi connectivity index (χ1) is 8.08. The lowest BCUT2D eigenvalue weighted by molar-refractivity contribution is 0.281. The van der Waals surface area contributed by atoms with Crippen LogP contribution in [0, 0.1) is 0 Å². The van der Waals surface area contributed by atoms with E-state index in [2.05, 4.69) is 4.72 Å². The maximum Gasteiger partial charge on any atom is 0.242 e. The molecule has 1 rings (SSSR count). The summed E-state index contributed by atoms with van der Waals surface area (Å²) in [5.74, 6) is 0. The molecule has 0 radical (unpaired) electrons. The molecule has 0 aliphatic carbocycles. The van der Waals surface area contributed by atoms with Gasteiger partial charge in [0.15, 0.2) is 0 Å². The Balaban J connectivity index is 3.35. The van der Waals surface area contributed by atoms with E-state index in [1.54, 1.807) is 20.8 Å². The van der Waals surface area contributed by atoms with Gasteiger partial charge in [-0.3, -0.25) is 0 Å². The Kier molecular flexibility index (Phi) is 4.67. The van der Waals surface area contributed by atoms with Gasteiger partial charge in [0.05, 0.1) is 11.6 Å². The maximum absolute atomic E-state index is 12.1. The van der Waals surface area contributed by atoms with Crippen molar-refractivity contribution in [3.63, 3.8) is 0 Å². The highest BCUT2D eigenvalue weighted by Gasteiger charge is 2.25. The van der Waals surface area contributed by atoms with E-state index >= 15 is 0 Å². The first kappa shape index (κ1) is 15.7. The summed E-state index contributed by atoms with van der Waals surface area (Å²) in [4.78, 5) is -0.0902. The van der Waals surface area contributed by atoms with Crippen LogP contribution in [0.4, 0.5) is 0 Å². The first-order valence-electron chi connectivity index (χ1n) is 5.20. The molecule has 1 aromatic rings. The predicted molar refractivity (Wildman–Crippen MR) is 72.5 cm³/mol. The lowest BCUT2D eigenvalue weighted by Gasteiger charge is -2.21. The number of aliphatic hydroxyl groups is 1. The average Bonchev–Trinajstić information content (AvgIpc) is 2.13. The molecule has 0 fully saturated rings. The van der Waals surface area contributed by atoms with Crippen molar-refractivity contribution in [2.45, 2.75) is 37.8 Å². The fourth-order valence-electron chi connectivity index (χ4n) is 1.39. The molecule has 0 aliphatic rings. The van der Waals surface area contributed by atoms with Gasteiger partial charge in [-0.1, -0.05) is 23.2 Å². The monoisotopic (exact) mass is 311 g/mol. The minimum Gasteiger partial charge on any atom is -0.392 e. The van der Waals surface area contributed by atoms with E-state index in [-0.39, 0.29) is 20.5 Å². The maximum atomic E-state index is 12.1. The van der Waals surface area contributed by atoms with Crippen molar-refractivity contribution in [1.29, 1.82) is 0 Å². The van der Waals surface area contributed by atoms with Crippen LogP contribution in [-0.2, 0) is 16.6 Å². The van der Waals surface area contributed by atoms with Gasteiger partial charge in [-0.25, -0.2) is 13.1 Å². The number of benzene rings is 1. The van der Waals surface area contributed by atoms with Gasteiger partial charge in [0, 0.05) is 16.1 Å². The molecular weight excluding hydrogens is 297 g/mol. The van der Waals surface area contributed by atoms with Crippen LogP contribution in [0.2, 0.25) is 10.0 Å². The van der Waals surface area contributed by atoms with Gasteiger partial charge < -0.3 is 5.11 Å². The quantitative estimate of drug-likeness (QED) is 0.901. The van der Waals surface area contributed by atoms with Crippen LogP contribution in [0.25, 0.3) is 0 Å². The van der Waals surface area contributed by atoms with E-state index in [0.29, 0.717) is 0 Å². The van der Waals surface area contributed by atoms with Gasteiger partial charge in [0.1, 0.15) is 4.90 Å². The standard InChI is InChI=1S/C11H15Cl2NO3S/c1-11(2,3)14-18(16,17)9-5-4-8(12)7(6-15)10(9)13/h4-5,14-15H,6H2,1-3H3. The molecule has 0 unspecified atom stereocenters. The SMILES string of the molecule is CC(C)(C)NS(=O)(=O)c1ccc(Cl)c(CO)c1Cl. The summed E-state index contributed by atoms with van der Waals surface area (Å²) in [5, 5.41) is 9.32. The van der Waals surface area contributed by atoms with Gasteiger partial charge in [-0.15, -0.1) is 0 Å². The number of rotatable bonds is 3. The molecule has 0 heterocycles. The largest absolute Gasteiger partial charge is 0.392 e. The van der Waals surface area contributed by atoms with Crippen LogP contribution in [-0.4, -0.2) is 19.1 Å². The van der Waals surface area contributed by atoms with Crippen molar-refractivity contribution in [2.24, 2.45) is 0 Å². The number of halogens is 2. The van der Waals surface area contributed by atoms with Gasteiger partial charge in [-0.2, -0.15) is 0 Å². The zero-order valence-corrected chi connectivity index (χ0v) is 12.6. The highest BCUT2D eigenvalue weighted by Crippen LogP contribution is 2.31. The van der Waals surface area contributed by atoms with Crippen LogP contribution < -0.4 is 4.72 Å². The molecule has 0 amide bonds.